The molecule has 0 bridgehead atoms. The second-order valence-corrected chi connectivity index (χ2v) is 7.94. The molecule has 6 heteroatoms. The Kier molecular flexibility index (Phi) is 5.85. The van der Waals surface area contributed by atoms with E-state index in [4.69, 9.17) is 4.74 Å². The molecule has 25 heavy (non-hydrogen) atoms. The van der Waals surface area contributed by atoms with Gasteiger partial charge < -0.3 is 15.2 Å². The fourth-order valence-electron chi connectivity index (χ4n) is 2.50. The highest BCUT2D eigenvalue weighted by Crippen LogP contribution is 2.35. The van der Waals surface area contributed by atoms with Gasteiger partial charge in [-0.25, -0.2) is 4.79 Å². The van der Waals surface area contributed by atoms with E-state index in [-0.39, 0.29) is 0 Å². The molecule has 0 aliphatic carbocycles. The number of aromatic nitrogens is 1. The van der Waals surface area contributed by atoms with Gasteiger partial charge in [0, 0.05) is 16.9 Å². The first-order valence-electron chi connectivity index (χ1n) is 7.97. The SMILES string of the molecule is CC(C)(C)OC(=O)N[C@H](c1cncc(Br)c1)[C@](C)(O)c1ccccc1. The molecule has 1 aromatic carbocycles. The van der Waals surface area contributed by atoms with Crippen LogP contribution in [0.4, 0.5) is 4.79 Å². The highest BCUT2D eigenvalue weighted by Gasteiger charge is 2.37. The highest BCUT2D eigenvalue weighted by molar-refractivity contribution is 9.10. The van der Waals surface area contributed by atoms with Gasteiger partial charge in [-0.1, -0.05) is 30.3 Å². The fraction of sp³-hybridized carbons (Fsp3) is 0.368. The van der Waals surface area contributed by atoms with Crippen LogP contribution in [0.25, 0.3) is 0 Å². The van der Waals surface area contributed by atoms with E-state index in [9.17, 15) is 9.90 Å². The zero-order valence-electron chi connectivity index (χ0n) is 14.8. The lowest BCUT2D eigenvalue weighted by molar-refractivity contribution is 0.00133. The van der Waals surface area contributed by atoms with Crippen LogP contribution in [0.3, 0.4) is 0 Å². The molecular formula is C19H23BrN2O3. The molecule has 2 N–H and O–H groups in total. The number of nitrogens with one attached hydrogen (secondary N) is 1. The van der Waals surface area contributed by atoms with Crippen LogP contribution >= 0.6 is 15.9 Å². The van der Waals surface area contributed by atoms with E-state index in [1.54, 1.807) is 40.1 Å². The number of hydrogen-bond donors (Lipinski definition) is 2. The summed E-state index contributed by atoms with van der Waals surface area (Å²) in [5.74, 6) is 0. The summed E-state index contributed by atoms with van der Waals surface area (Å²) in [6.45, 7) is 7.03. The predicted octanol–water partition coefficient (Wildman–Crippen LogP) is 4.32. The van der Waals surface area contributed by atoms with E-state index in [0.717, 1.165) is 4.47 Å². The van der Waals surface area contributed by atoms with Crippen molar-refractivity contribution in [2.75, 3.05) is 0 Å². The Balaban J connectivity index is 2.40. The van der Waals surface area contributed by atoms with Crippen LogP contribution in [0.15, 0.2) is 53.3 Å². The summed E-state index contributed by atoms with van der Waals surface area (Å²) in [7, 11) is 0. The zero-order valence-corrected chi connectivity index (χ0v) is 16.4. The third-order valence-corrected chi connectivity index (χ3v) is 4.07. The molecule has 1 amide bonds. The van der Waals surface area contributed by atoms with Crippen molar-refractivity contribution in [3.05, 3.63) is 64.4 Å². The van der Waals surface area contributed by atoms with Crippen molar-refractivity contribution in [1.82, 2.24) is 10.3 Å². The Bertz CT molecular complexity index is 727. The molecule has 0 radical (unpaired) electrons. The van der Waals surface area contributed by atoms with Gasteiger partial charge in [0.1, 0.15) is 11.2 Å². The number of carbonyl (C=O) groups excluding carboxylic acids is 1. The van der Waals surface area contributed by atoms with E-state index in [2.05, 4.69) is 26.2 Å². The van der Waals surface area contributed by atoms with Crippen LogP contribution in [-0.4, -0.2) is 21.8 Å². The first-order chi connectivity index (χ1) is 11.6. The van der Waals surface area contributed by atoms with Crippen molar-refractivity contribution in [3.63, 3.8) is 0 Å². The summed E-state index contributed by atoms with van der Waals surface area (Å²) in [4.78, 5) is 16.5. The van der Waals surface area contributed by atoms with Crippen LogP contribution in [0.2, 0.25) is 0 Å². The quantitative estimate of drug-likeness (QED) is 0.792. The van der Waals surface area contributed by atoms with Gasteiger partial charge in [-0.3, -0.25) is 4.98 Å². The Morgan fingerprint density at radius 3 is 2.40 bits per heavy atom. The number of alkyl carbamates (subject to hydrolysis) is 1. The molecule has 0 spiro atoms. The van der Waals surface area contributed by atoms with Gasteiger partial charge in [0.25, 0.3) is 0 Å². The average molecular weight is 407 g/mol. The van der Waals surface area contributed by atoms with Crippen molar-refractivity contribution in [3.8, 4) is 0 Å². The number of ether oxygens (including phenoxy) is 1. The summed E-state index contributed by atoms with van der Waals surface area (Å²) in [5, 5.41) is 14.0. The molecule has 134 valence electrons. The minimum absolute atomic E-state index is 0.603. The molecule has 2 atom stereocenters. The standard InChI is InChI=1S/C19H23BrN2O3/c1-18(2,3)25-17(23)22-16(13-10-15(20)12-21-11-13)19(4,24)14-8-6-5-7-9-14/h5-12,16,24H,1-4H3,(H,22,23)/t16-,19-/m1/s1. The van der Waals surface area contributed by atoms with Crippen molar-refractivity contribution < 1.29 is 14.6 Å². The molecule has 0 saturated heterocycles. The molecule has 0 unspecified atom stereocenters. The Morgan fingerprint density at radius 2 is 1.84 bits per heavy atom. The molecule has 1 heterocycles. The third-order valence-electron chi connectivity index (χ3n) is 3.64. The van der Waals surface area contributed by atoms with Crippen molar-refractivity contribution in [2.24, 2.45) is 0 Å². The van der Waals surface area contributed by atoms with Gasteiger partial charge >= 0.3 is 6.09 Å². The maximum absolute atomic E-state index is 12.3. The molecule has 2 rings (SSSR count). The first kappa shape index (κ1) is 19.4. The smallest absolute Gasteiger partial charge is 0.408 e. The number of aliphatic hydroxyl groups is 1. The maximum Gasteiger partial charge on any atom is 0.408 e. The lowest BCUT2D eigenvalue weighted by Gasteiger charge is -2.34. The minimum atomic E-state index is -1.36. The number of pyridine rings is 1. The summed E-state index contributed by atoms with van der Waals surface area (Å²) >= 11 is 3.38. The maximum atomic E-state index is 12.3. The zero-order chi connectivity index (χ0) is 18.7. The number of rotatable bonds is 4. The van der Waals surface area contributed by atoms with Crippen LogP contribution < -0.4 is 5.32 Å². The molecule has 5 nitrogen and oxygen atoms in total. The Morgan fingerprint density at radius 1 is 1.20 bits per heavy atom. The Labute approximate surface area is 156 Å². The normalized spacial score (nSPS) is 15.1. The van der Waals surface area contributed by atoms with E-state index >= 15 is 0 Å². The molecule has 0 saturated carbocycles. The van der Waals surface area contributed by atoms with E-state index < -0.39 is 23.3 Å². The summed E-state index contributed by atoms with van der Waals surface area (Å²) < 4.78 is 6.11. The van der Waals surface area contributed by atoms with E-state index in [0.29, 0.717) is 11.1 Å². The number of benzene rings is 1. The molecular weight excluding hydrogens is 384 g/mol. The van der Waals surface area contributed by atoms with Gasteiger partial charge in [-0.05, 0) is 60.8 Å². The van der Waals surface area contributed by atoms with Crippen molar-refractivity contribution in [2.45, 2.75) is 44.9 Å². The van der Waals surface area contributed by atoms with Crippen LogP contribution in [-0.2, 0) is 10.3 Å². The van der Waals surface area contributed by atoms with E-state index in [1.165, 1.54) is 0 Å². The fourth-order valence-corrected chi connectivity index (χ4v) is 2.88. The molecule has 1 aromatic heterocycles. The van der Waals surface area contributed by atoms with Gasteiger partial charge in [-0.2, -0.15) is 0 Å². The molecule has 0 aliphatic rings. The van der Waals surface area contributed by atoms with Crippen molar-refractivity contribution >= 4 is 22.0 Å². The summed E-state index contributed by atoms with van der Waals surface area (Å²) in [6.07, 6.45) is 2.66. The van der Waals surface area contributed by atoms with Crippen LogP contribution in [0.5, 0.6) is 0 Å². The third kappa shape index (κ3) is 5.28. The molecule has 2 aromatic rings. The highest BCUT2D eigenvalue weighted by atomic mass is 79.9. The molecule has 0 fully saturated rings. The summed E-state index contributed by atoms with van der Waals surface area (Å²) in [5.41, 5.74) is -0.659. The number of halogens is 1. The number of amides is 1. The van der Waals surface area contributed by atoms with Gasteiger partial charge in [0.05, 0.1) is 6.04 Å². The van der Waals surface area contributed by atoms with Gasteiger partial charge in [-0.15, -0.1) is 0 Å². The lowest BCUT2D eigenvalue weighted by atomic mass is 9.84. The van der Waals surface area contributed by atoms with Gasteiger partial charge in [0.2, 0.25) is 0 Å². The lowest BCUT2D eigenvalue weighted by Crippen LogP contribution is -2.44. The van der Waals surface area contributed by atoms with Gasteiger partial charge in [0.15, 0.2) is 0 Å². The average Bonchev–Trinajstić information content (AvgIpc) is 2.51. The Hall–Kier alpha value is -1.92. The number of hydrogen-bond acceptors (Lipinski definition) is 4. The predicted molar refractivity (Wildman–Crippen MR) is 100 cm³/mol. The van der Waals surface area contributed by atoms with Crippen LogP contribution in [0, 0.1) is 0 Å². The topological polar surface area (TPSA) is 71.5 Å². The number of carbonyl (C=O) groups is 1. The van der Waals surface area contributed by atoms with Crippen LogP contribution in [0.1, 0.15) is 44.9 Å². The summed E-state index contributed by atoms with van der Waals surface area (Å²) in [6, 6.07) is 10.3. The minimum Gasteiger partial charge on any atom is -0.444 e. The monoisotopic (exact) mass is 406 g/mol. The second kappa shape index (κ2) is 7.54. The first-order valence-corrected chi connectivity index (χ1v) is 8.77. The molecule has 0 aliphatic heterocycles. The largest absolute Gasteiger partial charge is 0.444 e. The number of nitrogens with zero attached hydrogens (tertiary/aromatic N) is 1. The van der Waals surface area contributed by atoms with E-state index in [1.807, 2.05) is 36.4 Å². The van der Waals surface area contributed by atoms with Crippen molar-refractivity contribution in [1.29, 1.82) is 0 Å². The second-order valence-electron chi connectivity index (χ2n) is 7.03.